The lowest BCUT2D eigenvalue weighted by atomic mass is 10.1. The molecule has 23 heavy (non-hydrogen) atoms. The summed E-state index contributed by atoms with van der Waals surface area (Å²) in [6.07, 6.45) is 1.99. The van der Waals surface area contributed by atoms with Gasteiger partial charge in [-0.25, -0.2) is 0 Å². The molecule has 3 rings (SSSR count). The molecule has 2 saturated heterocycles. The van der Waals surface area contributed by atoms with Crippen molar-refractivity contribution in [1.29, 1.82) is 0 Å². The molecule has 2 heterocycles. The summed E-state index contributed by atoms with van der Waals surface area (Å²) in [5.41, 5.74) is 0.958. The van der Waals surface area contributed by atoms with Gasteiger partial charge in [0.15, 0.2) is 0 Å². The van der Waals surface area contributed by atoms with E-state index in [1.54, 1.807) is 0 Å². The molecule has 0 aromatic heterocycles. The Labute approximate surface area is 138 Å². The summed E-state index contributed by atoms with van der Waals surface area (Å²) in [5, 5.41) is 10.3. The van der Waals surface area contributed by atoms with Crippen molar-refractivity contribution in [3.63, 3.8) is 0 Å². The topological polar surface area (TPSA) is 47.0 Å². The Morgan fingerprint density at radius 2 is 1.61 bits per heavy atom. The molecule has 0 saturated carbocycles. The second kappa shape index (κ2) is 7.90. The van der Waals surface area contributed by atoms with Gasteiger partial charge in [0.1, 0.15) is 0 Å². The Morgan fingerprint density at radius 1 is 0.957 bits per heavy atom. The van der Waals surface area contributed by atoms with Crippen LogP contribution in [0.3, 0.4) is 0 Å². The van der Waals surface area contributed by atoms with E-state index < -0.39 is 6.10 Å². The van der Waals surface area contributed by atoms with Crippen molar-refractivity contribution in [2.75, 3.05) is 52.4 Å². The molecule has 0 radical (unpaired) electrons. The SMILES string of the molecule is O=C(CN1CCCC1)N1CCN(CC(O)c2ccccc2)CC1. The molecule has 1 aromatic carbocycles. The zero-order valence-corrected chi connectivity index (χ0v) is 13.7. The standard InChI is InChI=1S/C18H27N3O2/c22-17(16-6-2-1-3-7-16)14-20-10-12-21(13-11-20)18(23)15-19-8-4-5-9-19/h1-3,6-7,17,22H,4-5,8-15H2. The number of piperazine rings is 1. The minimum Gasteiger partial charge on any atom is -0.387 e. The lowest BCUT2D eigenvalue weighted by molar-refractivity contribution is -0.134. The maximum Gasteiger partial charge on any atom is 0.236 e. The molecule has 0 spiro atoms. The van der Waals surface area contributed by atoms with Gasteiger partial charge >= 0.3 is 0 Å². The quantitative estimate of drug-likeness (QED) is 0.879. The van der Waals surface area contributed by atoms with Crippen LogP contribution in [0.2, 0.25) is 0 Å². The Morgan fingerprint density at radius 3 is 2.26 bits per heavy atom. The van der Waals surface area contributed by atoms with Crippen molar-refractivity contribution in [3.05, 3.63) is 35.9 Å². The van der Waals surface area contributed by atoms with Crippen molar-refractivity contribution >= 4 is 5.91 Å². The van der Waals surface area contributed by atoms with Crippen LogP contribution in [-0.4, -0.2) is 78.1 Å². The Kier molecular flexibility index (Phi) is 5.65. The number of likely N-dealkylation sites (tertiary alicyclic amines) is 1. The Bertz CT molecular complexity index is 494. The highest BCUT2D eigenvalue weighted by Crippen LogP contribution is 2.15. The molecule has 0 bridgehead atoms. The van der Waals surface area contributed by atoms with Crippen LogP contribution in [0.15, 0.2) is 30.3 Å². The monoisotopic (exact) mass is 317 g/mol. The first-order valence-electron chi connectivity index (χ1n) is 8.68. The average molecular weight is 317 g/mol. The van der Waals surface area contributed by atoms with E-state index in [1.807, 2.05) is 35.2 Å². The normalized spacial score (nSPS) is 21.5. The van der Waals surface area contributed by atoms with Crippen LogP contribution < -0.4 is 0 Å². The van der Waals surface area contributed by atoms with Crippen molar-refractivity contribution in [1.82, 2.24) is 14.7 Å². The lowest BCUT2D eigenvalue weighted by Crippen LogP contribution is -2.51. The van der Waals surface area contributed by atoms with Crippen molar-refractivity contribution in [2.24, 2.45) is 0 Å². The lowest BCUT2D eigenvalue weighted by Gasteiger charge is -2.36. The zero-order valence-electron chi connectivity index (χ0n) is 13.7. The smallest absolute Gasteiger partial charge is 0.236 e. The zero-order chi connectivity index (χ0) is 16.1. The summed E-state index contributed by atoms with van der Waals surface area (Å²) in [7, 11) is 0. The number of amides is 1. The molecule has 5 nitrogen and oxygen atoms in total. The number of aliphatic hydroxyl groups is 1. The predicted octanol–water partition coefficient (Wildman–Crippen LogP) is 0.960. The number of benzene rings is 1. The fourth-order valence-electron chi connectivity index (χ4n) is 3.44. The average Bonchev–Trinajstić information content (AvgIpc) is 3.09. The molecule has 1 atom stereocenters. The molecular formula is C18H27N3O2. The number of carbonyl (C=O) groups excluding carboxylic acids is 1. The van der Waals surface area contributed by atoms with Crippen molar-refractivity contribution in [3.8, 4) is 0 Å². The third-order valence-electron chi connectivity index (χ3n) is 4.90. The Balaban J connectivity index is 1.42. The second-order valence-corrected chi connectivity index (χ2v) is 6.59. The third-order valence-corrected chi connectivity index (χ3v) is 4.90. The van der Waals surface area contributed by atoms with Crippen LogP contribution in [0.5, 0.6) is 0 Å². The van der Waals surface area contributed by atoms with Crippen LogP contribution in [0.4, 0.5) is 0 Å². The summed E-state index contributed by atoms with van der Waals surface area (Å²) in [5.74, 6) is 0.259. The van der Waals surface area contributed by atoms with Gasteiger partial charge in [0.2, 0.25) is 5.91 Å². The number of rotatable bonds is 5. The molecule has 1 N–H and O–H groups in total. The number of hydrogen-bond acceptors (Lipinski definition) is 4. The maximum atomic E-state index is 12.3. The largest absolute Gasteiger partial charge is 0.387 e. The van der Waals surface area contributed by atoms with Crippen molar-refractivity contribution < 1.29 is 9.90 Å². The van der Waals surface area contributed by atoms with Gasteiger partial charge < -0.3 is 10.0 Å². The van der Waals surface area contributed by atoms with Crippen molar-refractivity contribution in [2.45, 2.75) is 18.9 Å². The molecule has 1 aromatic rings. The summed E-state index contributed by atoms with van der Waals surface area (Å²) < 4.78 is 0. The number of nitrogens with zero attached hydrogens (tertiary/aromatic N) is 3. The number of hydrogen-bond donors (Lipinski definition) is 1. The van der Waals surface area contributed by atoms with Gasteiger partial charge in [-0.3, -0.25) is 14.6 Å². The van der Waals surface area contributed by atoms with E-state index in [4.69, 9.17) is 0 Å². The number of carbonyl (C=O) groups is 1. The third kappa shape index (κ3) is 4.53. The first-order valence-corrected chi connectivity index (χ1v) is 8.68. The van der Waals surface area contributed by atoms with Crippen LogP contribution in [-0.2, 0) is 4.79 Å². The van der Waals surface area contributed by atoms with Crippen LogP contribution in [0.25, 0.3) is 0 Å². The van der Waals surface area contributed by atoms with E-state index in [0.29, 0.717) is 13.1 Å². The van der Waals surface area contributed by atoms with Crippen LogP contribution >= 0.6 is 0 Å². The van der Waals surface area contributed by atoms with E-state index in [-0.39, 0.29) is 5.91 Å². The van der Waals surface area contributed by atoms with Gasteiger partial charge in [-0.2, -0.15) is 0 Å². The van der Waals surface area contributed by atoms with E-state index >= 15 is 0 Å². The predicted molar refractivity (Wildman–Crippen MR) is 90.1 cm³/mol. The first-order chi connectivity index (χ1) is 11.2. The maximum absolute atomic E-state index is 12.3. The Hall–Kier alpha value is -1.43. The molecule has 2 aliphatic heterocycles. The van der Waals surface area contributed by atoms with E-state index in [0.717, 1.165) is 44.8 Å². The summed E-state index contributed by atoms with van der Waals surface area (Å²) >= 11 is 0. The highest BCUT2D eigenvalue weighted by molar-refractivity contribution is 5.78. The summed E-state index contributed by atoms with van der Waals surface area (Å²) in [6, 6.07) is 9.78. The van der Waals surface area contributed by atoms with Gasteiger partial charge in [0.25, 0.3) is 0 Å². The second-order valence-electron chi connectivity index (χ2n) is 6.59. The van der Waals surface area contributed by atoms with E-state index in [1.165, 1.54) is 12.8 Å². The van der Waals surface area contributed by atoms with Gasteiger partial charge in [-0.15, -0.1) is 0 Å². The number of β-amino-alcohol motifs (C(OH)–C–C–N with tert-alkyl or cyclic N) is 1. The molecule has 126 valence electrons. The molecule has 1 amide bonds. The molecule has 0 aliphatic carbocycles. The van der Waals surface area contributed by atoms with Crippen LogP contribution in [0, 0.1) is 0 Å². The molecular weight excluding hydrogens is 290 g/mol. The number of aliphatic hydroxyl groups excluding tert-OH is 1. The molecule has 2 aliphatic rings. The fourth-order valence-corrected chi connectivity index (χ4v) is 3.44. The van der Waals surface area contributed by atoms with Gasteiger partial charge in [0, 0.05) is 32.7 Å². The van der Waals surface area contributed by atoms with Gasteiger partial charge in [-0.1, -0.05) is 30.3 Å². The minimum absolute atomic E-state index is 0.259. The van der Waals surface area contributed by atoms with E-state index in [2.05, 4.69) is 9.80 Å². The summed E-state index contributed by atoms with van der Waals surface area (Å²) in [4.78, 5) is 18.8. The summed E-state index contributed by atoms with van der Waals surface area (Å²) in [6.45, 7) is 6.57. The first kappa shape index (κ1) is 16.4. The highest BCUT2D eigenvalue weighted by atomic mass is 16.3. The molecule has 1 unspecified atom stereocenters. The molecule has 5 heteroatoms. The van der Waals surface area contributed by atoms with Crippen LogP contribution in [0.1, 0.15) is 24.5 Å². The minimum atomic E-state index is -0.456. The molecule has 2 fully saturated rings. The van der Waals surface area contributed by atoms with Gasteiger partial charge in [0.05, 0.1) is 12.6 Å². The van der Waals surface area contributed by atoms with E-state index in [9.17, 15) is 9.90 Å². The fraction of sp³-hybridized carbons (Fsp3) is 0.611. The highest BCUT2D eigenvalue weighted by Gasteiger charge is 2.24. The van der Waals surface area contributed by atoms with Gasteiger partial charge in [-0.05, 0) is 31.5 Å².